The molecule has 1 atom stereocenters. The predicted octanol–water partition coefficient (Wildman–Crippen LogP) is 3.42. The summed E-state index contributed by atoms with van der Waals surface area (Å²) in [6.45, 7) is 5.52. The van der Waals surface area contributed by atoms with Crippen LogP contribution in [0, 0.1) is 12.3 Å². The Hall–Kier alpha value is -1.74. The summed E-state index contributed by atoms with van der Waals surface area (Å²) in [5, 5.41) is -1.72. The van der Waals surface area contributed by atoms with E-state index in [9.17, 15) is 27.4 Å². The molecule has 1 N–H and O–H groups in total. The second-order valence-electron chi connectivity index (χ2n) is 5.40. The van der Waals surface area contributed by atoms with Gasteiger partial charge in [0.15, 0.2) is 5.25 Å². The molecule has 0 aliphatic carbocycles. The molecule has 0 heterocycles. The Morgan fingerprint density at radius 3 is 2.37 bits per heavy atom. The van der Waals surface area contributed by atoms with Crippen LogP contribution in [-0.2, 0) is 29.3 Å². The van der Waals surface area contributed by atoms with Gasteiger partial charge >= 0.3 is 5.97 Å². The number of imide groups is 1. The second-order valence-corrected chi connectivity index (χ2v) is 9.62. The molecule has 0 rings (SSSR count). The van der Waals surface area contributed by atoms with Crippen LogP contribution in [0.2, 0.25) is 0 Å². The first-order valence-corrected chi connectivity index (χ1v) is 13.1. The summed E-state index contributed by atoms with van der Waals surface area (Å²) in [5.74, 6) is 1.21. The molecule has 0 saturated heterocycles. The number of hydroxylamine groups is 2. The Morgan fingerprint density at radius 1 is 1.27 bits per heavy atom. The van der Waals surface area contributed by atoms with Gasteiger partial charge in [0, 0.05) is 24.3 Å². The van der Waals surface area contributed by atoms with E-state index < -0.39 is 27.2 Å². The minimum Gasteiger partial charge on any atom is -0.329 e. The first kappa shape index (κ1) is 30.5. The van der Waals surface area contributed by atoms with Crippen LogP contribution in [0.4, 0.5) is 0 Å². The zero-order valence-electron chi connectivity index (χ0n) is 17.4. The number of nitrogens with zero attached hydrogens (tertiary/aromatic N) is 1. The molecule has 170 valence electrons. The third-order valence-electron chi connectivity index (χ3n) is 2.97. The van der Waals surface area contributed by atoms with E-state index in [1.165, 1.54) is 21.6 Å². The fourth-order valence-corrected chi connectivity index (χ4v) is 4.30. The largest absolute Gasteiger partial charge is 0.353 e. The maximum absolute atomic E-state index is 12.0. The molecule has 0 fully saturated rings. The van der Waals surface area contributed by atoms with Gasteiger partial charge in [-0.1, -0.05) is 59.7 Å². The van der Waals surface area contributed by atoms with Crippen LogP contribution < -0.4 is 0 Å². The average Bonchev–Trinajstić information content (AvgIpc) is 2.70. The summed E-state index contributed by atoms with van der Waals surface area (Å²) in [7, 11) is -1.97. The molecule has 0 saturated carbocycles. The van der Waals surface area contributed by atoms with Crippen LogP contribution >= 0.6 is 21.6 Å². The quantitative estimate of drug-likeness (QED) is 0.0854. The van der Waals surface area contributed by atoms with Crippen LogP contribution in [0.25, 0.3) is 0 Å². The lowest BCUT2D eigenvalue weighted by Crippen LogP contribution is -2.39. The number of amides is 2. The molecule has 0 radical (unpaired) electrons. The van der Waals surface area contributed by atoms with Gasteiger partial charge in [-0.3, -0.25) is 14.1 Å². The molecule has 0 aliphatic heterocycles. The van der Waals surface area contributed by atoms with E-state index in [1.54, 1.807) is 6.92 Å². The number of hydrogen-bond acceptors (Lipinski definition) is 8. The lowest BCUT2D eigenvalue weighted by atomic mass is 10.3. The first-order chi connectivity index (χ1) is 14.2. The monoisotopic (exact) mass is 479 g/mol. The van der Waals surface area contributed by atoms with E-state index in [2.05, 4.69) is 10.8 Å². The average molecular weight is 480 g/mol. The molecule has 0 aliphatic rings. The highest BCUT2D eigenvalue weighted by Gasteiger charge is 2.34. The van der Waals surface area contributed by atoms with Gasteiger partial charge in [0.05, 0.1) is 0 Å². The van der Waals surface area contributed by atoms with Crippen LogP contribution in [0.5, 0.6) is 0 Å². The summed E-state index contributed by atoms with van der Waals surface area (Å²) < 4.78 is 32.0. The molecular formula is C19H29NO7S3. The minimum absolute atomic E-state index is 0.0152. The molecule has 0 aromatic carbocycles. The number of terminal acetylenes is 1. The zero-order chi connectivity index (χ0) is 23.4. The summed E-state index contributed by atoms with van der Waals surface area (Å²) in [4.78, 5) is 38.9. The predicted molar refractivity (Wildman–Crippen MR) is 122 cm³/mol. The van der Waals surface area contributed by atoms with Crippen molar-refractivity contribution in [3.8, 4) is 12.3 Å². The second kappa shape index (κ2) is 19.2. The van der Waals surface area contributed by atoms with Gasteiger partial charge in [-0.2, -0.15) is 8.42 Å². The molecule has 0 aromatic heterocycles. The lowest BCUT2D eigenvalue weighted by Gasteiger charge is -2.17. The van der Waals surface area contributed by atoms with Crippen LogP contribution in [0.3, 0.4) is 0 Å². The topological polar surface area (TPSA) is 118 Å². The van der Waals surface area contributed by atoms with Crippen molar-refractivity contribution in [1.29, 1.82) is 0 Å². The van der Waals surface area contributed by atoms with Gasteiger partial charge in [-0.25, -0.2) is 4.79 Å². The Morgan fingerprint density at radius 2 is 1.90 bits per heavy atom. The number of rotatable bonds is 12. The van der Waals surface area contributed by atoms with Gasteiger partial charge in [0.2, 0.25) is 0 Å². The van der Waals surface area contributed by atoms with Gasteiger partial charge < -0.3 is 4.84 Å². The summed E-state index contributed by atoms with van der Waals surface area (Å²) in [6, 6.07) is 0. The van der Waals surface area contributed by atoms with Crippen LogP contribution in [-0.4, -0.2) is 53.1 Å². The highest BCUT2D eigenvalue weighted by Crippen LogP contribution is 2.24. The van der Waals surface area contributed by atoms with Gasteiger partial charge in [0.1, 0.15) is 0 Å². The van der Waals surface area contributed by atoms with Crippen molar-refractivity contribution in [1.82, 2.24) is 5.06 Å². The zero-order valence-corrected chi connectivity index (χ0v) is 19.8. The molecule has 0 bridgehead atoms. The molecule has 0 aromatic rings. The molecule has 30 heavy (non-hydrogen) atoms. The molecule has 1 unspecified atom stereocenters. The smallest absolute Gasteiger partial charge is 0.329 e. The number of allylic oxidation sites excluding steroid dienone is 3. The molecular weight excluding hydrogens is 450 g/mol. The van der Waals surface area contributed by atoms with Crippen LogP contribution in [0.15, 0.2) is 24.3 Å². The Balaban J connectivity index is 0. The highest BCUT2D eigenvalue weighted by molar-refractivity contribution is 8.76. The molecule has 11 heteroatoms. The van der Waals surface area contributed by atoms with Crippen molar-refractivity contribution in [3.05, 3.63) is 24.3 Å². The summed E-state index contributed by atoms with van der Waals surface area (Å²) >= 11 is 0. The number of carbonyl (C=O) groups is 3. The normalized spacial score (nSPS) is 12.0. The third kappa shape index (κ3) is 16.1. The van der Waals surface area contributed by atoms with E-state index in [0.717, 1.165) is 6.42 Å². The fraction of sp³-hybridized carbons (Fsp3) is 0.526. The molecule has 0 spiro atoms. The fourth-order valence-electron chi connectivity index (χ4n) is 1.55. The van der Waals surface area contributed by atoms with Crippen molar-refractivity contribution in [2.45, 2.75) is 51.7 Å². The Bertz CT molecular complexity index is 712. The summed E-state index contributed by atoms with van der Waals surface area (Å²) in [5.41, 5.74) is 0. The minimum atomic E-state index is -4.73. The van der Waals surface area contributed by atoms with E-state index in [1.807, 2.05) is 38.2 Å². The van der Waals surface area contributed by atoms with Crippen molar-refractivity contribution in [2.75, 3.05) is 11.5 Å². The Labute approximate surface area is 187 Å². The van der Waals surface area contributed by atoms with E-state index in [4.69, 9.17) is 6.42 Å². The third-order valence-corrected chi connectivity index (χ3v) is 6.42. The van der Waals surface area contributed by atoms with Crippen molar-refractivity contribution >= 4 is 50.0 Å². The van der Waals surface area contributed by atoms with Gasteiger partial charge in [-0.15, -0.1) is 17.4 Å². The van der Waals surface area contributed by atoms with Crippen molar-refractivity contribution in [3.63, 3.8) is 0 Å². The lowest BCUT2D eigenvalue weighted by molar-refractivity contribution is -0.196. The summed E-state index contributed by atoms with van der Waals surface area (Å²) in [6.07, 6.45) is 13.3. The molecule has 2 amide bonds. The highest BCUT2D eigenvalue weighted by atomic mass is 33.1. The van der Waals surface area contributed by atoms with Crippen molar-refractivity contribution < 1.29 is 32.2 Å². The SMILES string of the molecule is C#CCC.C/C=C\C=C/CSSCCC(C(=O)ON(C=O)C(=O)CCC)S(=O)(=O)O. The van der Waals surface area contributed by atoms with E-state index in [0.29, 0.717) is 12.2 Å². The maximum Gasteiger partial charge on any atom is 0.353 e. The van der Waals surface area contributed by atoms with Gasteiger partial charge in [0.25, 0.3) is 22.4 Å². The molecule has 8 nitrogen and oxygen atoms in total. The number of hydrogen-bond donors (Lipinski definition) is 1. The maximum atomic E-state index is 12.0. The van der Waals surface area contributed by atoms with E-state index in [-0.39, 0.29) is 30.1 Å². The van der Waals surface area contributed by atoms with Crippen molar-refractivity contribution in [2.24, 2.45) is 0 Å². The standard InChI is InChI=1S/C15H23NO7S3.C4H6/c1-3-5-6-7-10-24-25-11-9-13(26(20,21)22)15(19)23-16(12-17)14(18)8-4-2;1-3-4-2/h3,5-7,12-13H,4,8-11H2,1-2H3,(H,20,21,22);1H,4H2,2H3/b5-3-,7-6-;. The Kier molecular flexibility index (Phi) is 19.5. The van der Waals surface area contributed by atoms with Gasteiger partial charge in [-0.05, 0) is 19.8 Å². The van der Waals surface area contributed by atoms with E-state index >= 15 is 0 Å². The number of carbonyl (C=O) groups excluding carboxylic acids is 3. The first-order valence-electron chi connectivity index (χ1n) is 9.10. The van der Waals surface area contributed by atoms with Crippen LogP contribution in [0.1, 0.15) is 46.5 Å².